The van der Waals surface area contributed by atoms with Gasteiger partial charge in [-0.3, -0.25) is 4.90 Å². The number of aromatic nitrogens is 2. The number of hydrogen-bond donors (Lipinski definition) is 0. The van der Waals surface area contributed by atoms with Crippen LogP contribution in [-0.2, 0) is 29.0 Å². The zero-order chi connectivity index (χ0) is 26.4. The van der Waals surface area contributed by atoms with Crippen LogP contribution in [0.4, 0.5) is 4.79 Å². The Bertz CT molecular complexity index is 1180. The first-order valence-corrected chi connectivity index (χ1v) is 13.0. The molecule has 1 fully saturated rings. The molecule has 196 valence electrons. The van der Waals surface area contributed by atoms with Gasteiger partial charge in [0.1, 0.15) is 5.60 Å². The maximum Gasteiger partial charge on any atom is 0.410 e. The van der Waals surface area contributed by atoms with E-state index in [0.717, 1.165) is 37.1 Å². The van der Waals surface area contributed by atoms with E-state index < -0.39 is 5.60 Å². The largest absolute Gasteiger partial charge is 0.462 e. The summed E-state index contributed by atoms with van der Waals surface area (Å²) in [6.07, 6.45) is 6.09. The number of aryl methyl sites for hydroxylation is 2. The molecule has 1 amide bonds. The minimum atomic E-state index is -0.560. The third-order valence-corrected chi connectivity index (χ3v) is 6.47. The Morgan fingerprint density at radius 3 is 2.49 bits per heavy atom. The van der Waals surface area contributed by atoms with E-state index in [-0.39, 0.29) is 18.1 Å². The quantitative estimate of drug-likeness (QED) is 0.318. The van der Waals surface area contributed by atoms with Crippen LogP contribution < -0.4 is 0 Å². The molecule has 0 saturated heterocycles. The van der Waals surface area contributed by atoms with Crippen molar-refractivity contribution in [2.75, 3.05) is 6.61 Å². The molecule has 4 rings (SSSR count). The van der Waals surface area contributed by atoms with Crippen molar-refractivity contribution < 1.29 is 19.1 Å². The molecule has 2 atom stereocenters. The van der Waals surface area contributed by atoms with Crippen molar-refractivity contribution in [2.45, 2.75) is 77.6 Å². The van der Waals surface area contributed by atoms with E-state index in [4.69, 9.17) is 9.47 Å². The van der Waals surface area contributed by atoms with Gasteiger partial charge in [0.15, 0.2) is 0 Å². The summed E-state index contributed by atoms with van der Waals surface area (Å²) in [5.41, 5.74) is 3.41. The Morgan fingerprint density at radius 2 is 1.81 bits per heavy atom. The van der Waals surface area contributed by atoms with Gasteiger partial charge < -0.3 is 14.0 Å². The second-order valence-electron chi connectivity index (χ2n) is 10.5. The molecule has 1 heterocycles. The summed E-state index contributed by atoms with van der Waals surface area (Å²) in [6.45, 7) is 9.10. The van der Waals surface area contributed by atoms with Crippen molar-refractivity contribution in [3.8, 4) is 0 Å². The molecule has 7 nitrogen and oxygen atoms in total. The highest BCUT2D eigenvalue weighted by atomic mass is 16.6. The zero-order valence-electron chi connectivity index (χ0n) is 22.2. The first kappa shape index (κ1) is 26.5. The molecule has 2 unspecified atom stereocenters. The van der Waals surface area contributed by atoms with E-state index in [1.807, 2.05) is 80.7 Å². The van der Waals surface area contributed by atoms with Crippen LogP contribution in [0.5, 0.6) is 0 Å². The molecule has 1 aromatic heterocycles. The molecule has 1 aliphatic rings. The van der Waals surface area contributed by atoms with Crippen molar-refractivity contribution in [1.82, 2.24) is 14.5 Å². The molecular formula is C30H37N3O4. The number of imidazole rings is 1. The third-order valence-electron chi connectivity index (χ3n) is 6.47. The van der Waals surface area contributed by atoms with Crippen molar-refractivity contribution in [3.63, 3.8) is 0 Å². The second kappa shape index (κ2) is 11.6. The van der Waals surface area contributed by atoms with E-state index >= 15 is 0 Å². The standard InChI is InChI=1S/C30H37N3O4/c1-5-36-28(34)24-15-13-22(14-16-24)10-9-17-32-21-31-19-25(32)20-33(29(35)37-30(2,3)4)27-18-26(27)23-11-7-6-8-12-23/h6-8,11-16,19,21,26-27H,5,9-10,17-18,20H2,1-4H3. The van der Waals surface area contributed by atoms with E-state index in [1.54, 1.807) is 6.92 Å². The first-order valence-electron chi connectivity index (χ1n) is 13.0. The average Bonchev–Trinajstić information content (AvgIpc) is 3.53. The van der Waals surface area contributed by atoms with Gasteiger partial charge in [-0.05, 0) is 70.2 Å². The molecule has 0 spiro atoms. The minimum Gasteiger partial charge on any atom is -0.462 e. The summed E-state index contributed by atoms with van der Waals surface area (Å²) in [7, 11) is 0. The lowest BCUT2D eigenvalue weighted by atomic mass is 10.1. The fourth-order valence-corrected chi connectivity index (χ4v) is 4.55. The predicted molar refractivity (Wildman–Crippen MR) is 142 cm³/mol. The molecule has 1 saturated carbocycles. The number of esters is 1. The molecule has 0 aliphatic heterocycles. The Morgan fingerprint density at radius 1 is 1.08 bits per heavy atom. The molecule has 3 aromatic rings. The maximum absolute atomic E-state index is 13.2. The van der Waals surface area contributed by atoms with E-state index in [9.17, 15) is 9.59 Å². The number of nitrogens with zero attached hydrogens (tertiary/aromatic N) is 3. The predicted octanol–water partition coefficient (Wildman–Crippen LogP) is 5.99. The number of rotatable bonds is 10. The normalized spacial score (nSPS) is 16.8. The van der Waals surface area contributed by atoms with Crippen LogP contribution in [0.1, 0.15) is 73.6 Å². The maximum atomic E-state index is 13.2. The number of amides is 1. The van der Waals surface area contributed by atoms with Crippen molar-refractivity contribution in [1.29, 1.82) is 0 Å². The van der Waals surface area contributed by atoms with Gasteiger partial charge in [0, 0.05) is 24.7 Å². The van der Waals surface area contributed by atoms with E-state index in [0.29, 0.717) is 24.6 Å². The molecule has 1 aliphatic carbocycles. The van der Waals surface area contributed by atoms with Crippen molar-refractivity contribution in [2.24, 2.45) is 0 Å². The van der Waals surface area contributed by atoms with Gasteiger partial charge in [-0.25, -0.2) is 14.6 Å². The Kier molecular flexibility index (Phi) is 8.31. The van der Waals surface area contributed by atoms with Gasteiger partial charge in [-0.1, -0.05) is 42.5 Å². The average molecular weight is 504 g/mol. The SMILES string of the molecule is CCOC(=O)c1ccc(CCCn2cncc2CN(C(=O)OC(C)(C)C)C2CC2c2ccccc2)cc1. The number of hydrogen-bond acceptors (Lipinski definition) is 5. The van der Waals surface area contributed by atoms with Crippen molar-refractivity contribution in [3.05, 3.63) is 89.5 Å². The first-order chi connectivity index (χ1) is 17.7. The highest BCUT2D eigenvalue weighted by Gasteiger charge is 2.46. The van der Waals surface area contributed by atoms with Gasteiger partial charge >= 0.3 is 12.1 Å². The summed E-state index contributed by atoms with van der Waals surface area (Å²) in [5, 5.41) is 0. The Labute approximate surface area is 219 Å². The minimum absolute atomic E-state index is 0.110. The summed E-state index contributed by atoms with van der Waals surface area (Å²) >= 11 is 0. The van der Waals surface area contributed by atoms with Gasteiger partial charge in [-0.15, -0.1) is 0 Å². The number of benzene rings is 2. The summed E-state index contributed by atoms with van der Waals surface area (Å²) in [5.74, 6) is 0.0273. The fraction of sp³-hybridized carbons (Fsp3) is 0.433. The molecule has 2 aromatic carbocycles. The second-order valence-corrected chi connectivity index (χ2v) is 10.5. The molecule has 0 radical (unpaired) electrons. The molecule has 0 N–H and O–H groups in total. The van der Waals surface area contributed by atoms with Gasteiger partial charge in [0.05, 0.1) is 30.7 Å². The van der Waals surface area contributed by atoms with Crippen LogP contribution in [0.25, 0.3) is 0 Å². The van der Waals surface area contributed by atoms with Crippen LogP contribution in [0, 0.1) is 0 Å². The van der Waals surface area contributed by atoms with Gasteiger partial charge in [0.25, 0.3) is 0 Å². The topological polar surface area (TPSA) is 73.7 Å². The number of carbonyl (C=O) groups excluding carboxylic acids is 2. The number of ether oxygens (including phenoxy) is 2. The molecule has 0 bridgehead atoms. The van der Waals surface area contributed by atoms with Crippen LogP contribution in [0.2, 0.25) is 0 Å². The fourth-order valence-electron chi connectivity index (χ4n) is 4.55. The van der Waals surface area contributed by atoms with Crippen LogP contribution in [0.3, 0.4) is 0 Å². The smallest absolute Gasteiger partial charge is 0.410 e. The summed E-state index contributed by atoms with van der Waals surface area (Å²) in [6, 6.07) is 18.0. The zero-order valence-corrected chi connectivity index (χ0v) is 22.2. The molecular weight excluding hydrogens is 466 g/mol. The van der Waals surface area contributed by atoms with Crippen molar-refractivity contribution >= 4 is 12.1 Å². The Hall–Kier alpha value is -3.61. The van der Waals surface area contributed by atoms with Gasteiger partial charge in [-0.2, -0.15) is 0 Å². The van der Waals surface area contributed by atoms with Gasteiger partial charge in [0.2, 0.25) is 0 Å². The monoisotopic (exact) mass is 503 g/mol. The van der Waals surface area contributed by atoms with E-state index in [2.05, 4.69) is 21.7 Å². The Balaban J connectivity index is 1.39. The third kappa shape index (κ3) is 7.21. The summed E-state index contributed by atoms with van der Waals surface area (Å²) in [4.78, 5) is 31.3. The van der Waals surface area contributed by atoms with E-state index in [1.165, 1.54) is 5.56 Å². The lowest BCUT2D eigenvalue weighted by Crippen LogP contribution is -2.38. The lowest BCUT2D eigenvalue weighted by Gasteiger charge is -2.28. The highest BCUT2D eigenvalue weighted by molar-refractivity contribution is 5.89. The molecule has 7 heteroatoms. The van der Waals surface area contributed by atoms with Crippen LogP contribution in [0.15, 0.2) is 67.1 Å². The lowest BCUT2D eigenvalue weighted by molar-refractivity contribution is 0.0208. The van der Waals surface area contributed by atoms with Crippen LogP contribution >= 0.6 is 0 Å². The molecule has 37 heavy (non-hydrogen) atoms. The highest BCUT2D eigenvalue weighted by Crippen LogP contribution is 2.45. The number of carbonyl (C=O) groups is 2. The van der Waals surface area contributed by atoms with Crippen LogP contribution in [-0.4, -0.2) is 44.8 Å². The summed E-state index contributed by atoms with van der Waals surface area (Å²) < 4.78 is 12.9.